The topological polar surface area (TPSA) is 130 Å². The van der Waals surface area contributed by atoms with E-state index < -0.39 is 0 Å². The van der Waals surface area contributed by atoms with E-state index in [0.29, 0.717) is 24.5 Å². The molecule has 1 amide bonds. The van der Waals surface area contributed by atoms with E-state index in [4.69, 9.17) is 10.6 Å². The van der Waals surface area contributed by atoms with E-state index in [1.807, 2.05) is 4.90 Å². The second-order valence-corrected chi connectivity index (χ2v) is 8.63. The number of hydrogen-bond acceptors (Lipinski definition) is 9. The van der Waals surface area contributed by atoms with Crippen LogP contribution in [0.3, 0.4) is 0 Å². The molecule has 4 rings (SSSR count). The maximum Gasteiger partial charge on any atom is 0.225 e. The fourth-order valence-electron chi connectivity index (χ4n) is 4.68. The monoisotopic (exact) mass is 453 g/mol. The number of carbonyl (C=O) groups is 1. The van der Waals surface area contributed by atoms with Crippen LogP contribution >= 0.6 is 0 Å². The maximum atomic E-state index is 13.1. The van der Waals surface area contributed by atoms with Gasteiger partial charge in [0, 0.05) is 55.6 Å². The van der Waals surface area contributed by atoms with Gasteiger partial charge in [0.05, 0.1) is 0 Å². The molecule has 2 fully saturated rings. The SMILES string of the molecule is CO/N=C(\c1ncccc1O)C1CCN(C(=O)C2CCN(Cc3cnc(N)nc3)CC2)CC1. The van der Waals surface area contributed by atoms with E-state index in [0.717, 1.165) is 50.9 Å². The third-order valence-corrected chi connectivity index (χ3v) is 6.48. The Bertz CT molecular complexity index is 966. The summed E-state index contributed by atoms with van der Waals surface area (Å²) >= 11 is 0. The first-order valence-corrected chi connectivity index (χ1v) is 11.4. The van der Waals surface area contributed by atoms with Crippen molar-refractivity contribution >= 4 is 17.6 Å². The zero-order valence-electron chi connectivity index (χ0n) is 18.9. The van der Waals surface area contributed by atoms with Gasteiger partial charge in [-0.15, -0.1) is 0 Å². The van der Waals surface area contributed by atoms with Gasteiger partial charge < -0.3 is 20.6 Å². The number of oxime groups is 1. The number of nitrogens with two attached hydrogens (primary N) is 1. The van der Waals surface area contributed by atoms with Crippen LogP contribution in [0.15, 0.2) is 35.9 Å². The van der Waals surface area contributed by atoms with E-state index in [-0.39, 0.29) is 29.4 Å². The Kier molecular flexibility index (Phi) is 7.33. The average Bonchev–Trinajstić information content (AvgIpc) is 2.85. The summed E-state index contributed by atoms with van der Waals surface area (Å²) in [6.07, 6.45) is 8.39. The lowest BCUT2D eigenvalue weighted by Crippen LogP contribution is -2.46. The van der Waals surface area contributed by atoms with Crippen LogP contribution in [0.5, 0.6) is 5.75 Å². The minimum Gasteiger partial charge on any atom is -0.506 e. The quantitative estimate of drug-likeness (QED) is 0.499. The van der Waals surface area contributed by atoms with E-state index in [2.05, 4.69) is 25.0 Å². The molecule has 33 heavy (non-hydrogen) atoms. The number of anilines is 1. The first-order valence-electron chi connectivity index (χ1n) is 11.4. The van der Waals surface area contributed by atoms with Crippen LogP contribution in [-0.2, 0) is 16.2 Å². The Morgan fingerprint density at radius 2 is 1.79 bits per heavy atom. The van der Waals surface area contributed by atoms with E-state index >= 15 is 0 Å². The highest BCUT2D eigenvalue weighted by atomic mass is 16.6. The summed E-state index contributed by atoms with van der Waals surface area (Å²) in [5.74, 6) is 0.759. The van der Waals surface area contributed by atoms with Crippen LogP contribution in [0.4, 0.5) is 5.95 Å². The molecule has 10 heteroatoms. The van der Waals surface area contributed by atoms with Crippen LogP contribution in [0.2, 0.25) is 0 Å². The Labute approximate surface area is 193 Å². The molecule has 0 atom stereocenters. The predicted octanol–water partition coefficient (Wildman–Crippen LogP) is 1.66. The highest BCUT2D eigenvalue weighted by molar-refractivity contribution is 6.02. The largest absolute Gasteiger partial charge is 0.506 e. The normalized spacial score (nSPS) is 18.9. The molecule has 176 valence electrons. The molecule has 0 radical (unpaired) electrons. The Balaban J connectivity index is 1.28. The van der Waals surface area contributed by atoms with Crippen LogP contribution in [0.1, 0.15) is 36.9 Å². The average molecular weight is 454 g/mol. The standard InChI is InChI=1S/C23H31N7O3/c1-33-28-20(21-19(31)3-2-8-25-21)17-6-11-30(12-7-17)22(32)18-4-9-29(10-5-18)15-16-13-26-23(24)27-14-16/h2-3,8,13-14,17-18,31H,4-7,9-12,15H2,1H3,(H2,24,26,27)/b28-20-. The van der Waals surface area contributed by atoms with Crippen LogP contribution < -0.4 is 5.73 Å². The number of aromatic nitrogens is 3. The fraction of sp³-hybridized carbons (Fsp3) is 0.522. The minimum atomic E-state index is 0.0624. The first-order chi connectivity index (χ1) is 16.0. The number of pyridine rings is 1. The first kappa shape index (κ1) is 22.9. The van der Waals surface area contributed by atoms with Gasteiger partial charge in [-0.25, -0.2) is 9.97 Å². The predicted molar refractivity (Wildman–Crippen MR) is 123 cm³/mol. The highest BCUT2D eigenvalue weighted by Gasteiger charge is 2.33. The number of likely N-dealkylation sites (tertiary alicyclic amines) is 2. The van der Waals surface area contributed by atoms with Gasteiger partial charge in [0.1, 0.15) is 24.3 Å². The van der Waals surface area contributed by atoms with E-state index in [1.54, 1.807) is 30.7 Å². The van der Waals surface area contributed by atoms with Crippen molar-refractivity contribution in [1.82, 2.24) is 24.8 Å². The third kappa shape index (κ3) is 5.57. The number of nitrogen functional groups attached to an aromatic ring is 1. The Hall–Kier alpha value is -3.27. The van der Waals surface area contributed by atoms with Crippen molar-refractivity contribution in [2.45, 2.75) is 32.2 Å². The Morgan fingerprint density at radius 1 is 1.12 bits per heavy atom. The molecule has 4 heterocycles. The van der Waals surface area contributed by atoms with E-state index in [9.17, 15) is 9.90 Å². The van der Waals surface area contributed by atoms with Crippen molar-refractivity contribution in [3.05, 3.63) is 42.0 Å². The lowest BCUT2D eigenvalue weighted by atomic mass is 9.88. The zero-order valence-corrected chi connectivity index (χ0v) is 18.9. The lowest BCUT2D eigenvalue weighted by Gasteiger charge is -2.37. The fourth-order valence-corrected chi connectivity index (χ4v) is 4.68. The lowest BCUT2D eigenvalue weighted by molar-refractivity contribution is -0.138. The molecule has 2 saturated heterocycles. The summed E-state index contributed by atoms with van der Waals surface area (Å²) in [6.45, 7) is 3.86. The molecule has 0 aromatic carbocycles. The van der Waals surface area contributed by atoms with Gasteiger partial charge in [-0.3, -0.25) is 14.7 Å². The van der Waals surface area contributed by atoms with Crippen LogP contribution in [0, 0.1) is 11.8 Å². The molecule has 0 bridgehead atoms. The molecule has 0 saturated carbocycles. The second kappa shape index (κ2) is 10.6. The van der Waals surface area contributed by atoms with Crippen molar-refractivity contribution in [3.63, 3.8) is 0 Å². The van der Waals surface area contributed by atoms with Gasteiger partial charge in [-0.05, 0) is 50.9 Å². The molecule has 2 aliphatic heterocycles. The third-order valence-electron chi connectivity index (χ3n) is 6.48. The molecule has 0 unspecified atom stereocenters. The molecule has 2 aromatic heterocycles. The molecule has 10 nitrogen and oxygen atoms in total. The molecular weight excluding hydrogens is 422 g/mol. The molecule has 0 aliphatic carbocycles. The summed E-state index contributed by atoms with van der Waals surface area (Å²) in [6, 6.07) is 3.28. The summed E-state index contributed by atoms with van der Waals surface area (Å²) < 4.78 is 0. The summed E-state index contributed by atoms with van der Waals surface area (Å²) in [5.41, 5.74) is 7.67. The maximum absolute atomic E-state index is 13.1. The van der Waals surface area contributed by atoms with Crippen molar-refractivity contribution in [3.8, 4) is 5.75 Å². The van der Waals surface area contributed by atoms with Crippen molar-refractivity contribution in [2.24, 2.45) is 17.0 Å². The van der Waals surface area contributed by atoms with Crippen molar-refractivity contribution in [2.75, 3.05) is 39.0 Å². The van der Waals surface area contributed by atoms with Crippen molar-refractivity contribution < 1.29 is 14.7 Å². The van der Waals surface area contributed by atoms with Gasteiger partial charge >= 0.3 is 0 Å². The number of rotatable bonds is 6. The second-order valence-electron chi connectivity index (χ2n) is 8.63. The Morgan fingerprint density at radius 3 is 2.42 bits per heavy atom. The van der Waals surface area contributed by atoms with Crippen LogP contribution in [-0.4, -0.2) is 74.8 Å². The summed E-state index contributed by atoms with van der Waals surface area (Å²) in [5, 5.41) is 14.4. The smallest absolute Gasteiger partial charge is 0.225 e. The van der Waals surface area contributed by atoms with Crippen LogP contribution in [0.25, 0.3) is 0 Å². The minimum absolute atomic E-state index is 0.0624. The van der Waals surface area contributed by atoms with Crippen molar-refractivity contribution in [1.29, 1.82) is 0 Å². The number of carbonyl (C=O) groups excluding carboxylic acids is 1. The molecule has 3 N–H and O–H groups in total. The number of piperidine rings is 2. The molecule has 2 aliphatic rings. The zero-order chi connectivity index (χ0) is 23.2. The van der Waals surface area contributed by atoms with E-state index in [1.165, 1.54) is 7.11 Å². The summed E-state index contributed by atoms with van der Waals surface area (Å²) in [4.78, 5) is 34.9. The van der Waals surface area contributed by atoms with Gasteiger partial charge in [-0.2, -0.15) is 0 Å². The molecular formula is C23H31N7O3. The number of amides is 1. The van der Waals surface area contributed by atoms with Gasteiger partial charge in [0.25, 0.3) is 0 Å². The number of nitrogens with zero attached hydrogens (tertiary/aromatic N) is 6. The number of aromatic hydroxyl groups is 1. The molecule has 0 spiro atoms. The van der Waals surface area contributed by atoms with Gasteiger partial charge in [0.2, 0.25) is 11.9 Å². The summed E-state index contributed by atoms with van der Waals surface area (Å²) in [7, 11) is 1.49. The highest BCUT2D eigenvalue weighted by Crippen LogP contribution is 2.28. The van der Waals surface area contributed by atoms with Gasteiger partial charge in [-0.1, -0.05) is 5.16 Å². The molecule has 2 aromatic rings. The van der Waals surface area contributed by atoms with Gasteiger partial charge in [0.15, 0.2) is 0 Å². The number of hydrogen-bond donors (Lipinski definition) is 2.